The highest BCUT2D eigenvalue weighted by atomic mass is 32.1. The van der Waals surface area contributed by atoms with E-state index in [-0.39, 0.29) is 0 Å². The maximum Gasteiger partial charge on any atom is 0.0554 e. The van der Waals surface area contributed by atoms with Crippen LogP contribution in [0.4, 0.5) is 5.69 Å². The Bertz CT molecular complexity index is 214. The van der Waals surface area contributed by atoms with Crippen LogP contribution in [-0.2, 0) is 0 Å². The average molecular weight is 166 g/mol. The van der Waals surface area contributed by atoms with Crippen molar-refractivity contribution in [2.75, 3.05) is 5.73 Å². The summed E-state index contributed by atoms with van der Waals surface area (Å²) >= 11 is 3.81. The van der Waals surface area contributed by atoms with Crippen molar-refractivity contribution in [3.8, 4) is 0 Å². The summed E-state index contributed by atoms with van der Waals surface area (Å²) in [5, 5.41) is 7.36. The minimum Gasteiger partial charge on any atom is -0.399 e. The summed E-state index contributed by atoms with van der Waals surface area (Å²) < 4.78 is 0. The van der Waals surface area contributed by atoms with Crippen molar-refractivity contribution in [2.45, 2.75) is 6.92 Å². The minimum atomic E-state index is 0.829. The zero-order valence-corrected chi connectivity index (χ0v) is 7.11. The molecule has 0 saturated heterocycles. The molecule has 0 aliphatic carbocycles. The molecule has 1 aromatic carbocycles. The first kappa shape index (κ1) is 9.82. The molecule has 0 atom stereocenters. The fraction of sp³-hybridized carbons (Fsp3) is 0.125. The first-order valence-electron chi connectivity index (χ1n) is 3.06. The van der Waals surface area contributed by atoms with Gasteiger partial charge < -0.3 is 5.73 Å². The van der Waals surface area contributed by atoms with Crippen molar-refractivity contribution in [1.29, 1.82) is 5.41 Å². The van der Waals surface area contributed by atoms with E-state index in [0.717, 1.165) is 5.69 Å². The number of nitrogens with one attached hydrogen (secondary N) is 1. The van der Waals surface area contributed by atoms with E-state index in [1.54, 1.807) is 5.16 Å². The van der Waals surface area contributed by atoms with Crippen LogP contribution < -0.4 is 5.73 Å². The molecule has 0 aliphatic heterocycles. The van der Waals surface area contributed by atoms with Crippen LogP contribution in [0.15, 0.2) is 24.3 Å². The zero-order chi connectivity index (χ0) is 8.69. The number of thiocarbonyl (C=S) groups is 1. The lowest BCUT2D eigenvalue weighted by Gasteiger charge is -1.90. The van der Waals surface area contributed by atoms with Crippen molar-refractivity contribution < 1.29 is 0 Å². The molecular weight excluding hydrogens is 156 g/mol. The smallest absolute Gasteiger partial charge is 0.0554 e. The summed E-state index contributed by atoms with van der Waals surface area (Å²) in [4.78, 5) is 0. The summed E-state index contributed by atoms with van der Waals surface area (Å²) in [6.45, 7) is 2.04. The van der Waals surface area contributed by atoms with Crippen LogP contribution >= 0.6 is 12.2 Å². The molecule has 1 aromatic rings. The van der Waals surface area contributed by atoms with Gasteiger partial charge in [0.15, 0.2) is 0 Å². The molecule has 11 heavy (non-hydrogen) atoms. The number of hydrogen-bond donors (Lipinski definition) is 2. The standard InChI is InChI=1S/C7H9N.CHNS/c1-6-2-4-7(8)5-3-6;2-1-3/h2-5H,8H2,1H3;2H. The van der Waals surface area contributed by atoms with Gasteiger partial charge in [-0.15, -0.1) is 0 Å². The summed E-state index contributed by atoms with van der Waals surface area (Å²) in [5.74, 6) is 0. The van der Waals surface area contributed by atoms with E-state index in [4.69, 9.17) is 11.1 Å². The lowest BCUT2D eigenvalue weighted by atomic mass is 10.2. The van der Waals surface area contributed by atoms with Gasteiger partial charge in [-0.25, -0.2) is 5.41 Å². The van der Waals surface area contributed by atoms with Crippen molar-refractivity contribution in [3.05, 3.63) is 29.8 Å². The Morgan fingerprint density at radius 2 is 1.73 bits per heavy atom. The number of benzene rings is 1. The van der Waals surface area contributed by atoms with Gasteiger partial charge >= 0.3 is 0 Å². The monoisotopic (exact) mass is 166 g/mol. The molecule has 0 amide bonds. The number of hydrogen-bond acceptors (Lipinski definition) is 3. The third kappa shape index (κ3) is 5.27. The molecule has 2 nitrogen and oxygen atoms in total. The predicted molar refractivity (Wildman–Crippen MR) is 50.9 cm³/mol. The summed E-state index contributed by atoms with van der Waals surface area (Å²) in [6, 6.07) is 7.79. The first-order chi connectivity index (χ1) is 5.20. The predicted octanol–water partition coefficient (Wildman–Crippen LogP) is 2.25. The Kier molecular flexibility index (Phi) is 4.99. The molecule has 0 spiro atoms. The number of rotatable bonds is 0. The molecule has 0 bridgehead atoms. The Morgan fingerprint density at radius 3 is 2.00 bits per heavy atom. The zero-order valence-electron chi connectivity index (χ0n) is 6.29. The van der Waals surface area contributed by atoms with Crippen molar-refractivity contribution in [3.63, 3.8) is 0 Å². The van der Waals surface area contributed by atoms with Gasteiger partial charge in [-0.2, -0.15) is 0 Å². The molecule has 0 fully saturated rings. The molecule has 0 radical (unpaired) electrons. The van der Waals surface area contributed by atoms with Crippen LogP contribution in [0.5, 0.6) is 0 Å². The molecule has 58 valence electrons. The van der Waals surface area contributed by atoms with Crippen molar-refractivity contribution >= 4 is 23.1 Å². The Labute approximate surface area is 71.6 Å². The normalized spacial score (nSPS) is 7.36. The summed E-state index contributed by atoms with van der Waals surface area (Å²) in [6.07, 6.45) is 0. The van der Waals surface area contributed by atoms with Gasteiger partial charge in [-0.3, -0.25) is 0 Å². The van der Waals surface area contributed by atoms with Gasteiger partial charge in [-0.05, 0) is 31.3 Å². The van der Waals surface area contributed by atoms with Crippen LogP contribution in [0.2, 0.25) is 0 Å². The van der Waals surface area contributed by atoms with Crippen LogP contribution in [0.3, 0.4) is 0 Å². The van der Waals surface area contributed by atoms with Crippen molar-refractivity contribution in [2.24, 2.45) is 0 Å². The lowest BCUT2D eigenvalue weighted by Crippen LogP contribution is -1.81. The van der Waals surface area contributed by atoms with E-state index in [1.165, 1.54) is 5.56 Å². The number of nitrogen functional groups attached to an aromatic ring is 1. The van der Waals surface area contributed by atoms with E-state index in [2.05, 4.69) is 12.2 Å². The second kappa shape index (κ2) is 5.59. The number of anilines is 1. The number of isothiocyanates is 1. The molecule has 0 unspecified atom stereocenters. The topological polar surface area (TPSA) is 49.9 Å². The van der Waals surface area contributed by atoms with Crippen LogP contribution in [0.25, 0.3) is 0 Å². The first-order valence-corrected chi connectivity index (χ1v) is 3.47. The van der Waals surface area contributed by atoms with Crippen LogP contribution in [-0.4, -0.2) is 5.16 Å². The summed E-state index contributed by atoms with van der Waals surface area (Å²) in [5.41, 5.74) is 7.51. The molecule has 0 aliphatic rings. The van der Waals surface area contributed by atoms with Crippen LogP contribution in [0, 0.1) is 12.3 Å². The number of aryl methyl sites for hydroxylation is 1. The van der Waals surface area contributed by atoms with E-state index >= 15 is 0 Å². The second-order valence-corrected chi connectivity index (χ2v) is 2.22. The molecule has 3 N–H and O–H groups in total. The Hall–Kier alpha value is -1.18. The molecule has 0 saturated carbocycles. The molecule has 3 heteroatoms. The quantitative estimate of drug-likeness (QED) is 0.353. The van der Waals surface area contributed by atoms with E-state index in [9.17, 15) is 0 Å². The highest BCUT2D eigenvalue weighted by Gasteiger charge is 1.80. The van der Waals surface area contributed by atoms with Gasteiger partial charge in [0.1, 0.15) is 0 Å². The molecule has 0 aromatic heterocycles. The SMILES string of the molecule is Cc1ccc(N)cc1.N=C=S. The van der Waals surface area contributed by atoms with Gasteiger partial charge in [0.2, 0.25) is 0 Å². The van der Waals surface area contributed by atoms with E-state index in [0.29, 0.717) is 0 Å². The van der Waals surface area contributed by atoms with Crippen LogP contribution in [0.1, 0.15) is 5.56 Å². The number of nitrogens with two attached hydrogens (primary N) is 1. The average Bonchev–Trinajstić information content (AvgIpc) is 1.97. The largest absolute Gasteiger partial charge is 0.399 e. The highest BCUT2D eigenvalue weighted by molar-refractivity contribution is 7.78. The lowest BCUT2D eigenvalue weighted by molar-refractivity contribution is 1.47. The maximum atomic E-state index is 5.77. The second-order valence-electron chi connectivity index (χ2n) is 2.01. The molecular formula is C8H10N2S. The Balaban J connectivity index is 0.000000292. The van der Waals surface area contributed by atoms with E-state index < -0.39 is 0 Å². The Morgan fingerprint density at radius 1 is 1.36 bits per heavy atom. The van der Waals surface area contributed by atoms with Crippen molar-refractivity contribution in [1.82, 2.24) is 0 Å². The van der Waals surface area contributed by atoms with Gasteiger partial charge in [-0.1, -0.05) is 17.7 Å². The molecule has 0 heterocycles. The molecule has 1 rings (SSSR count). The van der Waals surface area contributed by atoms with E-state index in [1.807, 2.05) is 31.2 Å². The fourth-order valence-corrected chi connectivity index (χ4v) is 0.566. The third-order valence-corrected chi connectivity index (χ3v) is 1.08. The maximum absolute atomic E-state index is 5.77. The third-order valence-electron chi connectivity index (χ3n) is 1.08. The van der Waals surface area contributed by atoms with Gasteiger partial charge in [0, 0.05) is 5.69 Å². The minimum absolute atomic E-state index is 0.829. The summed E-state index contributed by atoms with van der Waals surface area (Å²) in [7, 11) is 0. The van der Waals surface area contributed by atoms with Gasteiger partial charge in [0.25, 0.3) is 0 Å². The fourth-order valence-electron chi connectivity index (χ4n) is 0.566. The highest BCUT2D eigenvalue weighted by Crippen LogP contribution is 2.02. The van der Waals surface area contributed by atoms with Gasteiger partial charge in [0.05, 0.1) is 5.16 Å².